The Labute approximate surface area is 115 Å². The Morgan fingerprint density at radius 2 is 2.16 bits per heavy atom. The Balaban J connectivity index is 2.04. The van der Waals surface area contributed by atoms with Gasteiger partial charge >= 0.3 is 0 Å². The maximum absolute atomic E-state index is 12.0. The van der Waals surface area contributed by atoms with E-state index < -0.39 is 0 Å². The van der Waals surface area contributed by atoms with E-state index in [1.54, 1.807) is 0 Å². The molecule has 1 saturated heterocycles. The maximum atomic E-state index is 12.0. The first-order chi connectivity index (χ1) is 9.12. The quantitative estimate of drug-likeness (QED) is 0.866. The van der Waals surface area contributed by atoms with Gasteiger partial charge in [0, 0.05) is 17.9 Å². The molecule has 102 valence electrons. The van der Waals surface area contributed by atoms with Crippen molar-refractivity contribution in [3.8, 4) is 0 Å². The van der Waals surface area contributed by atoms with Crippen LogP contribution in [0.4, 0.5) is 0 Å². The molecular weight excluding hydrogens is 234 g/mol. The predicted octanol–water partition coefficient (Wildman–Crippen LogP) is 3.20. The highest BCUT2D eigenvalue weighted by atomic mass is 16.2. The third-order valence-corrected chi connectivity index (χ3v) is 4.81. The van der Waals surface area contributed by atoms with E-state index in [9.17, 15) is 4.79 Å². The van der Waals surface area contributed by atoms with E-state index in [0.717, 1.165) is 12.8 Å². The van der Waals surface area contributed by atoms with Crippen molar-refractivity contribution in [2.45, 2.75) is 57.4 Å². The summed E-state index contributed by atoms with van der Waals surface area (Å²) in [6.45, 7) is 4.49. The Kier molecular flexibility index (Phi) is 3.12. The number of nitrogens with one attached hydrogen (secondary N) is 1. The second kappa shape index (κ2) is 4.66. The zero-order chi connectivity index (χ0) is 13.5. The SMILES string of the molecule is CC(C)CC1NC(=O)CC12CCCc1ccccc12. The van der Waals surface area contributed by atoms with Crippen molar-refractivity contribution >= 4 is 5.91 Å². The van der Waals surface area contributed by atoms with Gasteiger partial charge in [-0.2, -0.15) is 0 Å². The van der Waals surface area contributed by atoms with E-state index >= 15 is 0 Å². The van der Waals surface area contributed by atoms with E-state index in [1.165, 1.54) is 24.0 Å². The summed E-state index contributed by atoms with van der Waals surface area (Å²) < 4.78 is 0. The second-order valence-corrected chi connectivity index (χ2v) is 6.59. The van der Waals surface area contributed by atoms with Crippen LogP contribution in [0.25, 0.3) is 0 Å². The van der Waals surface area contributed by atoms with E-state index in [1.807, 2.05) is 0 Å². The van der Waals surface area contributed by atoms with Crippen LogP contribution in [0.5, 0.6) is 0 Å². The van der Waals surface area contributed by atoms with Gasteiger partial charge < -0.3 is 5.32 Å². The standard InChI is InChI=1S/C17H23NO/c1-12(2)10-15-17(11-16(19)18-15)9-5-7-13-6-3-4-8-14(13)17/h3-4,6,8,12,15H,5,7,9-11H2,1-2H3,(H,18,19). The highest BCUT2D eigenvalue weighted by Gasteiger charge is 2.49. The van der Waals surface area contributed by atoms with Gasteiger partial charge in [0.2, 0.25) is 5.91 Å². The maximum Gasteiger partial charge on any atom is 0.221 e. The Morgan fingerprint density at radius 3 is 2.95 bits per heavy atom. The summed E-state index contributed by atoms with van der Waals surface area (Å²) >= 11 is 0. The van der Waals surface area contributed by atoms with E-state index in [0.29, 0.717) is 18.4 Å². The van der Waals surface area contributed by atoms with Gasteiger partial charge in [-0.05, 0) is 42.7 Å². The van der Waals surface area contributed by atoms with Gasteiger partial charge in [0.05, 0.1) is 0 Å². The molecule has 1 fully saturated rings. The highest BCUT2D eigenvalue weighted by molar-refractivity contribution is 5.82. The van der Waals surface area contributed by atoms with Gasteiger partial charge in [0.1, 0.15) is 0 Å². The molecule has 1 aliphatic carbocycles. The first-order valence-corrected chi connectivity index (χ1v) is 7.49. The fraction of sp³-hybridized carbons (Fsp3) is 0.588. The van der Waals surface area contributed by atoms with Crippen LogP contribution >= 0.6 is 0 Å². The third kappa shape index (κ3) is 2.07. The topological polar surface area (TPSA) is 29.1 Å². The first kappa shape index (κ1) is 12.7. The van der Waals surface area contributed by atoms with E-state index in [2.05, 4.69) is 43.4 Å². The number of carbonyl (C=O) groups excluding carboxylic acids is 1. The monoisotopic (exact) mass is 257 g/mol. The zero-order valence-electron chi connectivity index (χ0n) is 11.9. The molecule has 2 atom stereocenters. The molecular formula is C17H23NO. The molecule has 1 amide bonds. The predicted molar refractivity (Wildman–Crippen MR) is 77.1 cm³/mol. The van der Waals surface area contributed by atoms with Crippen LogP contribution in [0.2, 0.25) is 0 Å². The molecule has 19 heavy (non-hydrogen) atoms. The molecule has 1 spiro atoms. The molecule has 0 aromatic heterocycles. The zero-order valence-corrected chi connectivity index (χ0v) is 11.9. The summed E-state index contributed by atoms with van der Waals surface area (Å²) in [6.07, 6.45) is 5.29. The summed E-state index contributed by atoms with van der Waals surface area (Å²) in [5.41, 5.74) is 2.96. The van der Waals surface area contributed by atoms with Crippen molar-refractivity contribution in [2.24, 2.45) is 5.92 Å². The second-order valence-electron chi connectivity index (χ2n) is 6.59. The molecule has 0 radical (unpaired) electrons. The Morgan fingerprint density at radius 1 is 1.37 bits per heavy atom. The Bertz CT molecular complexity index is 494. The molecule has 1 N–H and O–H groups in total. The third-order valence-electron chi connectivity index (χ3n) is 4.81. The molecule has 1 aliphatic heterocycles. The van der Waals surface area contributed by atoms with Gasteiger partial charge in [-0.15, -0.1) is 0 Å². The van der Waals surface area contributed by atoms with E-state index in [4.69, 9.17) is 0 Å². The van der Waals surface area contributed by atoms with Crippen molar-refractivity contribution in [3.05, 3.63) is 35.4 Å². The highest BCUT2D eigenvalue weighted by Crippen LogP contribution is 2.46. The Hall–Kier alpha value is -1.31. The molecule has 0 saturated carbocycles. The lowest BCUT2D eigenvalue weighted by Crippen LogP contribution is -2.43. The van der Waals surface area contributed by atoms with Crippen LogP contribution < -0.4 is 5.32 Å². The van der Waals surface area contributed by atoms with Gasteiger partial charge in [-0.1, -0.05) is 38.1 Å². The molecule has 1 heterocycles. The fourth-order valence-corrected chi connectivity index (χ4v) is 4.05. The number of hydrogen-bond acceptors (Lipinski definition) is 1. The molecule has 2 nitrogen and oxygen atoms in total. The number of rotatable bonds is 2. The largest absolute Gasteiger partial charge is 0.352 e. The lowest BCUT2D eigenvalue weighted by molar-refractivity contribution is -0.119. The minimum absolute atomic E-state index is 0.0657. The van der Waals surface area contributed by atoms with Crippen LogP contribution in [-0.2, 0) is 16.6 Å². The first-order valence-electron chi connectivity index (χ1n) is 7.49. The molecule has 3 rings (SSSR count). The van der Waals surface area contributed by atoms with Crippen LogP contribution in [0.15, 0.2) is 24.3 Å². The van der Waals surface area contributed by atoms with Crippen molar-refractivity contribution in [1.29, 1.82) is 0 Å². The van der Waals surface area contributed by atoms with Gasteiger partial charge in [-0.3, -0.25) is 4.79 Å². The number of hydrogen-bond donors (Lipinski definition) is 1. The van der Waals surface area contributed by atoms with Crippen molar-refractivity contribution in [1.82, 2.24) is 5.32 Å². The molecule has 1 aromatic carbocycles. The average Bonchev–Trinajstić information content (AvgIpc) is 2.66. The molecule has 2 aliphatic rings. The summed E-state index contributed by atoms with van der Waals surface area (Å²) in [6, 6.07) is 9.07. The number of fused-ring (bicyclic) bond motifs is 2. The average molecular weight is 257 g/mol. The van der Waals surface area contributed by atoms with Gasteiger partial charge in [-0.25, -0.2) is 0 Å². The molecule has 0 bridgehead atoms. The van der Waals surface area contributed by atoms with Crippen LogP contribution in [-0.4, -0.2) is 11.9 Å². The van der Waals surface area contributed by atoms with Crippen molar-refractivity contribution in [2.75, 3.05) is 0 Å². The number of aryl methyl sites for hydroxylation is 1. The number of carbonyl (C=O) groups is 1. The minimum Gasteiger partial charge on any atom is -0.352 e. The summed E-state index contributed by atoms with van der Waals surface area (Å²) in [5, 5.41) is 3.25. The number of amides is 1. The van der Waals surface area contributed by atoms with Crippen LogP contribution in [0, 0.1) is 5.92 Å². The summed E-state index contributed by atoms with van der Waals surface area (Å²) in [5.74, 6) is 0.858. The lowest BCUT2D eigenvalue weighted by atomic mass is 9.64. The molecule has 2 unspecified atom stereocenters. The van der Waals surface area contributed by atoms with Crippen LogP contribution in [0.1, 0.15) is 50.7 Å². The lowest BCUT2D eigenvalue weighted by Gasteiger charge is -2.40. The minimum atomic E-state index is 0.0657. The molecule has 2 heteroatoms. The summed E-state index contributed by atoms with van der Waals surface area (Å²) in [4.78, 5) is 12.0. The van der Waals surface area contributed by atoms with E-state index in [-0.39, 0.29) is 11.3 Å². The normalized spacial score (nSPS) is 29.6. The summed E-state index contributed by atoms with van der Waals surface area (Å²) in [7, 11) is 0. The van der Waals surface area contributed by atoms with Gasteiger partial charge in [0.25, 0.3) is 0 Å². The van der Waals surface area contributed by atoms with Crippen molar-refractivity contribution < 1.29 is 4.79 Å². The van der Waals surface area contributed by atoms with Crippen LogP contribution in [0.3, 0.4) is 0 Å². The molecule has 1 aromatic rings. The number of benzene rings is 1. The fourth-order valence-electron chi connectivity index (χ4n) is 4.05. The van der Waals surface area contributed by atoms with Gasteiger partial charge in [0.15, 0.2) is 0 Å². The van der Waals surface area contributed by atoms with Crippen molar-refractivity contribution in [3.63, 3.8) is 0 Å². The smallest absolute Gasteiger partial charge is 0.221 e.